The second-order valence-corrected chi connectivity index (χ2v) is 4.87. The zero-order valence-corrected chi connectivity index (χ0v) is 10.2. The van der Waals surface area contributed by atoms with Crippen molar-refractivity contribution >= 4 is 22.7 Å². The van der Waals surface area contributed by atoms with Gasteiger partial charge in [-0.3, -0.25) is 4.98 Å². The molecule has 0 radical (unpaired) electrons. The van der Waals surface area contributed by atoms with E-state index in [1.807, 2.05) is 30.3 Å². The van der Waals surface area contributed by atoms with Crippen molar-refractivity contribution in [2.24, 2.45) is 0 Å². The van der Waals surface area contributed by atoms with E-state index < -0.39 is 6.10 Å². The molecule has 4 heteroatoms. The Morgan fingerprint density at radius 3 is 2.88 bits per heavy atom. The molecule has 0 aliphatic heterocycles. The Hall–Kier alpha value is -1.10. The number of aromatic nitrogens is 1. The summed E-state index contributed by atoms with van der Waals surface area (Å²) < 4.78 is 0. The van der Waals surface area contributed by atoms with Gasteiger partial charge in [0.25, 0.3) is 0 Å². The highest BCUT2D eigenvalue weighted by atomic mass is 32.2. The second kappa shape index (κ2) is 6.00. The number of fused-ring (bicyclic) bond motifs is 1. The Bertz CT molecular complexity index is 484. The maximum Gasteiger partial charge on any atom is 0.0861 e. The zero-order valence-electron chi connectivity index (χ0n) is 9.41. The van der Waals surface area contributed by atoms with Crippen molar-refractivity contribution in [1.82, 2.24) is 4.98 Å². The van der Waals surface area contributed by atoms with Crippen LogP contribution in [-0.4, -0.2) is 33.7 Å². The summed E-state index contributed by atoms with van der Waals surface area (Å²) in [5, 5.41) is 19.1. The summed E-state index contributed by atoms with van der Waals surface area (Å²) in [6.07, 6.45) is 1.15. The maximum atomic E-state index is 9.26. The predicted molar refractivity (Wildman–Crippen MR) is 71.0 cm³/mol. The summed E-state index contributed by atoms with van der Waals surface area (Å²) in [5.74, 6) is 1.34. The van der Waals surface area contributed by atoms with Gasteiger partial charge in [0, 0.05) is 23.1 Å². The number of hydrogen-bond acceptors (Lipinski definition) is 4. The fraction of sp³-hybridized carbons (Fsp3) is 0.308. The summed E-state index contributed by atoms with van der Waals surface area (Å²) in [6, 6.07) is 10.1. The molecule has 0 aliphatic carbocycles. The molecule has 1 unspecified atom stereocenters. The van der Waals surface area contributed by atoms with E-state index >= 15 is 0 Å². The topological polar surface area (TPSA) is 53.4 Å². The molecular weight excluding hydrogens is 234 g/mol. The first-order chi connectivity index (χ1) is 8.31. The largest absolute Gasteiger partial charge is 0.394 e. The van der Waals surface area contributed by atoms with Gasteiger partial charge in [0.1, 0.15) is 0 Å². The Balaban J connectivity index is 2.08. The summed E-state index contributed by atoms with van der Waals surface area (Å²) in [5.41, 5.74) is 2.18. The quantitative estimate of drug-likeness (QED) is 0.848. The van der Waals surface area contributed by atoms with Crippen LogP contribution in [0.1, 0.15) is 5.56 Å². The van der Waals surface area contributed by atoms with Gasteiger partial charge in [-0.2, -0.15) is 11.8 Å². The van der Waals surface area contributed by atoms with Crippen LogP contribution in [0.4, 0.5) is 0 Å². The lowest BCUT2D eigenvalue weighted by Gasteiger charge is -2.08. The van der Waals surface area contributed by atoms with Crippen molar-refractivity contribution in [3.8, 4) is 0 Å². The molecule has 0 amide bonds. The van der Waals surface area contributed by atoms with Crippen LogP contribution in [0.25, 0.3) is 10.9 Å². The standard InChI is InChI=1S/C13H15NO2S/c15-7-12(16)9-17-8-11-4-1-3-10-5-2-6-14-13(10)11/h1-6,12,15-16H,7-9H2. The number of hydrogen-bond donors (Lipinski definition) is 2. The Morgan fingerprint density at radius 1 is 1.24 bits per heavy atom. The van der Waals surface area contributed by atoms with Crippen LogP contribution in [-0.2, 0) is 5.75 Å². The molecule has 1 aromatic heterocycles. The highest BCUT2D eigenvalue weighted by Gasteiger charge is 2.05. The molecule has 0 saturated heterocycles. The van der Waals surface area contributed by atoms with E-state index in [1.165, 1.54) is 5.56 Å². The Labute approximate surface area is 105 Å². The first kappa shape index (κ1) is 12.4. The maximum absolute atomic E-state index is 9.26. The average Bonchev–Trinajstić information content (AvgIpc) is 2.39. The number of aliphatic hydroxyl groups is 2. The smallest absolute Gasteiger partial charge is 0.0861 e. The predicted octanol–water partition coefficient (Wildman–Crippen LogP) is 1.82. The lowest BCUT2D eigenvalue weighted by atomic mass is 10.1. The Morgan fingerprint density at radius 2 is 2.06 bits per heavy atom. The summed E-state index contributed by atoms with van der Waals surface area (Å²) in [4.78, 5) is 4.37. The van der Waals surface area contributed by atoms with Crippen LogP contribution in [0.15, 0.2) is 36.5 Å². The lowest BCUT2D eigenvalue weighted by molar-refractivity contribution is 0.113. The third-order valence-electron chi connectivity index (χ3n) is 2.49. The van der Waals surface area contributed by atoms with Gasteiger partial charge in [0.2, 0.25) is 0 Å². The van der Waals surface area contributed by atoms with Gasteiger partial charge in [0.05, 0.1) is 18.2 Å². The van der Waals surface area contributed by atoms with Crippen molar-refractivity contribution in [3.63, 3.8) is 0 Å². The normalized spacial score (nSPS) is 12.8. The van der Waals surface area contributed by atoms with E-state index in [0.717, 1.165) is 16.7 Å². The molecule has 2 aromatic rings. The minimum absolute atomic E-state index is 0.180. The molecule has 0 fully saturated rings. The molecule has 0 bridgehead atoms. The fourth-order valence-electron chi connectivity index (χ4n) is 1.64. The van der Waals surface area contributed by atoms with Crippen molar-refractivity contribution in [2.75, 3.05) is 12.4 Å². The molecule has 1 aromatic carbocycles. The van der Waals surface area contributed by atoms with Gasteiger partial charge < -0.3 is 10.2 Å². The van der Waals surface area contributed by atoms with E-state index in [2.05, 4.69) is 4.98 Å². The van der Waals surface area contributed by atoms with Gasteiger partial charge in [0.15, 0.2) is 0 Å². The first-order valence-electron chi connectivity index (χ1n) is 5.50. The molecule has 90 valence electrons. The number of rotatable bonds is 5. The molecule has 2 N–H and O–H groups in total. The molecule has 0 saturated carbocycles. The van der Waals surface area contributed by atoms with Crippen LogP contribution < -0.4 is 0 Å². The third kappa shape index (κ3) is 3.19. The molecule has 0 spiro atoms. The minimum Gasteiger partial charge on any atom is -0.394 e. The lowest BCUT2D eigenvalue weighted by Crippen LogP contribution is -2.14. The van der Waals surface area contributed by atoms with E-state index in [1.54, 1.807) is 18.0 Å². The first-order valence-corrected chi connectivity index (χ1v) is 6.66. The van der Waals surface area contributed by atoms with E-state index in [0.29, 0.717) is 5.75 Å². The number of nitrogens with zero attached hydrogens (tertiary/aromatic N) is 1. The SMILES string of the molecule is OCC(O)CSCc1cccc2cccnc12. The molecule has 1 atom stereocenters. The van der Waals surface area contributed by atoms with Crippen LogP contribution in [0.2, 0.25) is 0 Å². The monoisotopic (exact) mass is 249 g/mol. The average molecular weight is 249 g/mol. The zero-order chi connectivity index (χ0) is 12.1. The van der Waals surface area contributed by atoms with E-state index in [4.69, 9.17) is 5.11 Å². The fourth-order valence-corrected chi connectivity index (χ4v) is 2.59. The summed E-state index contributed by atoms with van der Waals surface area (Å²) >= 11 is 1.60. The third-order valence-corrected chi connectivity index (χ3v) is 3.63. The summed E-state index contributed by atoms with van der Waals surface area (Å²) in [7, 11) is 0. The minimum atomic E-state index is -0.636. The van der Waals surface area contributed by atoms with Gasteiger partial charge >= 0.3 is 0 Å². The second-order valence-electron chi connectivity index (χ2n) is 3.84. The van der Waals surface area contributed by atoms with Gasteiger partial charge in [-0.25, -0.2) is 0 Å². The number of thioether (sulfide) groups is 1. The van der Waals surface area contributed by atoms with Crippen molar-refractivity contribution in [2.45, 2.75) is 11.9 Å². The molecule has 3 nitrogen and oxygen atoms in total. The molecular formula is C13H15NO2S. The van der Waals surface area contributed by atoms with Crippen molar-refractivity contribution in [1.29, 1.82) is 0 Å². The van der Waals surface area contributed by atoms with E-state index in [9.17, 15) is 5.11 Å². The van der Waals surface area contributed by atoms with Gasteiger partial charge in [-0.1, -0.05) is 24.3 Å². The molecule has 0 aliphatic rings. The van der Waals surface area contributed by atoms with Crippen molar-refractivity contribution in [3.05, 3.63) is 42.1 Å². The van der Waals surface area contributed by atoms with E-state index in [-0.39, 0.29) is 6.61 Å². The highest BCUT2D eigenvalue weighted by molar-refractivity contribution is 7.98. The number of benzene rings is 1. The van der Waals surface area contributed by atoms with Crippen LogP contribution in [0.3, 0.4) is 0 Å². The Kier molecular flexibility index (Phi) is 4.36. The highest BCUT2D eigenvalue weighted by Crippen LogP contribution is 2.21. The van der Waals surface area contributed by atoms with Crippen LogP contribution in [0.5, 0.6) is 0 Å². The number of para-hydroxylation sites is 1. The van der Waals surface area contributed by atoms with Crippen LogP contribution >= 0.6 is 11.8 Å². The molecule has 2 rings (SSSR count). The number of pyridine rings is 1. The number of aliphatic hydroxyl groups excluding tert-OH is 2. The summed E-state index contributed by atoms with van der Waals surface area (Å²) in [6.45, 7) is -0.180. The van der Waals surface area contributed by atoms with Gasteiger partial charge in [-0.15, -0.1) is 0 Å². The van der Waals surface area contributed by atoms with Crippen LogP contribution in [0, 0.1) is 0 Å². The molecule has 17 heavy (non-hydrogen) atoms. The van der Waals surface area contributed by atoms with Gasteiger partial charge in [-0.05, 0) is 11.6 Å². The van der Waals surface area contributed by atoms with Crippen molar-refractivity contribution < 1.29 is 10.2 Å². The molecule has 1 heterocycles.